The minimum absolute atomic E-state index is 0.243. The summed E-state index contributed by atoms with van der Waals surface area (Å²) in [6.45, 7) is 0. The summed E-state index contributed by atoms with van der Waals surface area (Å²) in [5.41, 5.74) is 0.725. The molecule has 2 aromatic rings. The van der Waals surface area contributed by atoms with Crippen LogP contribution >= 0.6 is 0 Å². The Balaban J connectivity index is 2.55. The zero-order valence-corrected chi connectivity index (χ0v) is 6.40. The average Bonchev–Trinajstić information content (AvgIpc) is 2.57. The van der Waals surface area contributed by atoms with Crippen LogP contribution in [0.15, 0.2) is 47.1 Å². The predicted molar refractivity (Wildman–Crippen MR) is 45.8 cm³/mol. The molecule has 0 aliphatic carbocycles. The van der Waals surface area contributed by atoms with E-state index in [0.717, 1.165) is 5.56 Å². The van der Waals surface area contributed by atoms with E-state index in [-0.39, 0.29) is 5.75 Å². The number of benzene rings is 1. The van der Waals surface area contributed by atoms with E-state index < -0.39 is 0 Å². The van der Waals surface area contributed by atoms with Crippen molar-refractivity contribution in [2.24, 2.45) is 0 Å². The maximum absolute atomic E-state index is 9.42. The number of phenolic OH excluding ortho intramolecular Hbond substituents is 1. The molecule has 0 spiro atoms. The largest absolute Gasteiger partial charge is 0.507 e. The first-order valence-electron chi connectivity index (χ1n) is 3.70. The maximum atomic E-state index is 9.42. The average molecular weight is 160 g/mol. The molecule has 0 radical (unpaired) electrons. The third kappa shape index (κ3) is 1.07. The van der Waals surface area contributed by atoms with Gasteiger partial charge in [-0.2, -0.15) is 0 Å². The van der Waals surface area contributed by atoms with Gasteiger partial charge in [0.2, 0.25) is 0 Å². The molecule has 0 unspecified atom stereocenters. The second kappa shape index (κ2) is 2.74. The monoisotopic (exact) mass is 160 g/mol. The highest BCUT2D eigenvalue weighted by molar-refractivity contribution is 5.64. The SMILES string of the molecule is Oc1ccccc1-c1ccco1. The van der Waals surface area contributed by atoms with E-state index in [1.807, 2.05) is 18.2 Å². The van der Waals surface area contributed by atoms with E-state index in [1.165, 1.54) is 0 Å². The molecule has 0 fully saturated rings. The van der Waals surface area contributed by atoms with Gasteiger partial charge in [0.05, 0.1) is 11.8 Å². The van der Waals surface area contributed by atoms with Gasteiger partial charge in [0.1, 0.15) is 11.5 Å². The number of phenols is 1. The van der Waals surface area contributed by atoms with Gasteiger partial charge in [-0.1, -0.05) is 12.1 Å². The number of para-hydroxylation sites is 1. The van der Waals surface area contributed by atoms with E-state index in [2.05, 4.69) is 0 Å². The number of furan rings is 1. The van der Waals surface area contributed by atoms with Crippen LogP contribution in [0.1, 0.15) is 0 Å². The molecule has 1 N–H and O–H groups in total. The third-order valence-corrected chi connectivity index (χ3v) is 1.69. The molecule has 12 heavy (non-hydrogen) atoms. The molecule has 2 nitrogen and oxygen atoms in total. The van der Waals surface area contributed by atoms with Crippen molar-refractivity contribution in [3.63, 3.8) is 0 Å². The van der Waals surface area contributed by atoms with Gasteiger partial charge < -0.3 is 9.52 Å². The lowest BCUT2D eigenvalue weighted by Crippen LogP contribution is -1.73. The van der Waals surface area contributed by atoms with Crippen LogP contribution < -0.4 is 0 Å². The highest BCUT2D eigenvalue weighted by atomic mass is 16.3. The van der Waals surface area contributed by atoms with Crippen LogP contribution in [0.4, 0.5) is 0 Å². The lowest BCUT2D eigenvalue weighted by molar-refractivity contribution is 0.473. The number of hydrogen-bond acceptors (Lipinski definition) is 2. The van der Waals surface area contributed by atoms with Crippen molar-refractivity contribution < 1.29 is 9.52 Å². The Kier molecular flexibility index (Phi) is 1.59. The van der Waals surface area contributed by atoms with Crippen molar-refractivity contribution in [3.8, 4) is 17.1 Å². The zero-order valence-electron chi connectivity index (χ0n) is 6.40. The highest BCUT2D eigenvalue weighted by Gasteiger charge is 2.03. The van der Waals surface area contributed by atoms with Crippen LogP contribution in [0.3, 0.4) is 0 Å². The summed E-state index contributed by atoms with van der Waals surface area (Å²) in [4.78, 5) is 0. The van der Waals surface area contributed by atoms with Crippen LogP contribution in [0, 0.1) is 0 Å². The van der Waals surface area contributed by atoms with E-state index in [4.69, 9.17) is 4.42 Å². The zero-order chi connectivity index (χ0) is 8.39. The van der Waals surface area contributed by atoms with Crippen molar-refractivity contribution >= 4 is 0 Å². The highest BCUT2D eigenvalue weighted by Crippen LogP contribution is 2.28. The molecule has 2 rings (SSSR count). The van der Waals surface area contributed by atoms with Gasteiger partial charge in [0, 0.05) is 0 Å². The Morgan fingerprint density at radius 3 is 2.50 bits per heavy atom. The quantitative estimate of drug-likeness (QED) is 0.695. The van der Waals surface area contributed by atoms with Crippen LogP contribution in [0.2, 0.25) is 0 Å². The van der Waals surface area contributed by atoms with Crippen LogP contribution in [0.5, 0.6) is 5.75 Å². The lowest BCUT2D eigenvalue weighted by Gasteiger charge is -1.98. The molecule has 1 aromatic carbocycles. The normalized spacial score (nSPS) is 10.0. The molecular formula is C10H8O2. The fraction of sp³-hybridized carbons (Fsp3) is 0. The van der Waals surface area contributed by atoms with Gasteiger partial charge in [-0.3, -0.25) is 0 Å². The second-order valence-corrected chi connectivity index (χ2v) is 2.49. The number of rotatable bonds is 1. The first kappa shape index (κ1) is 6.98. The summed E-state index contributed by atoms with van der Waals surface area (Å²) in [5, 5.41) is 9.42. The van der Waals surface area contributed by atoms with Crippen molar-refractivity contribution in [2.75, 3.05) is 0 Å². The molecule has 2 heteroatoms. The molecule has 0 bridgehead atoms. The van der Waals surface area contributed by atoms with Gasteiger partial charge in [0.25, 0.3) is 0 Å². The van der Waals surface area contributed by atoms with Crippen LogP contribution in [-0.2, 0) is 0 Å². The fourth-order valence-corrected chi connectivity index (χ4v) is 1.11. The van der Waals surface area contributed by atoms with Crippen molar-refractivity contribution in [3.05, 3.63) is 42.7 Å². The minimum atomic E-state index is 0.243. The van der Waals surface area contributed by atoms with E-state index in [0.29, 0.717) is 5.76 Å². The minimum Gasteiger partial charge on any atom is -0.507 e. The number of hydrogen-bond donors (Lipinski definition) is 1. The molecule has 1 aromatic heterocycles. The summed E-state index contributed by atoms with van der Waals surface area (Å²) in [5.74, 6) is 0.931. The van der Waals surface area contributed by atoms with Gasteiger partial charge in [-0.15, -0.1) is 0 Å². The predicted octanol–water partition coefficient (Wildman–Crippen LogP) is 2.65. The molecule has 0 aliphatic heterocycles. The summed E-state index contributed by atoms with van der Waals surface area (Å²) in [6.07, 6.45) is 1.59. The smallest absolute Gasteiger partial charge is 0.137 e. The van der Waals surface area contributed by atoms with Gasteiger partial charge in [-0.25, -0.2) is 0 Å². The van der Waals surface area contributed by atoms with Gasteiger partial charge in [-0.05, 0) is 24.3 Å². The summed E-state index contributed by atoms with van der Waals surface area (Å²) in [7, 11) is 0. The second-order valence-electron chi connectivity index (χ2n) is 2.49. The summed E-state index contributed by atoms with van der Waals surface area (Å²) < 4.78 is 5.14. The topological polar surface area (TPSA) is 33.4 Å². The van der Waals surface area contributed by atoms with Gasteiger partial charge >= 0.3 is 0 Å². The lowest BCUT2D eigenvalue weighted by atomic mass is 10.1. The van der Waals surface area contributed by atoms with Crippen molar-refractivity contribution in [2.45, 2.75) is 0 Å². The Morgan fingerprint density at radius 1 is 1.00 bits per heavy atom. The fourth-order valence-electron chi connectivity index (χ4n) is 1.11. The summed E-state index contributed by atoms with van der Waals surface area (Å²) in [6, 6.07) is 10.7. The van der Waals surface area contributed by atoms with Crippen LogP contribution in [-0.4, -0.2) is 5.11 Å². The first-order valence-corrected chi connectivity index (χ1v) is 3.70. The van der Waals surface area contributed by atoms with Crippen LogP contribution in [0.25, 0.3) is 11.3 Å². The Morgan fingerprint density at radius 2 is 1.83 bits per heavy atom. The molecular weight excluding hydrogens is 152 g/mol. The molecule has 0 saturated carbocycles. The molecule has 0 saturated heterocycles. The standard InChI is InChI=1S/C10H8O2/c11-9-5-2-1-4-8(9)10-6-3-7-12-10/h1-7,11H. The summed E-state index contributed by atoms with van der Waals surface area (Å²) >= 11 is 0. The molecule has 0 atom stereocenters. The van der Waals surface area contributed by atoms with E-state index in [1.54, 1.807) is 24.5 Å². The third-order valence-electron chi connectivity index (χ3n) is 1.69. The van der Waals surface area contributed by atoms with Crippen molar-refractivity contribution in [1.82, 2.24) is 0 Å². The first-order chi connectivity index (χ1) is 5.88. The number of aromatic hydroxyl groups is 1. The van der Waals surface area contributed by atoms with E-state index >= 15 is 0 Å². The van der Waals surface area contributed by atoms with Gasteiger partial charge in [0.15, 0.2) is 0 Å². The molecule has 1 heterocycles. The Hall–Kier alpha value is -1.70. The maximum Gasteiger partial charge on any atom is 0.137 e. The molecule has 60 valence electrons. The van der Waals surface area contributed by atoms with E-state index in [9.17, 15) is 5.11 Å². The van der Waals surface area contributed by atoms with Crippen molar-refractivity contribution in [1.29, 1.82) is 0 Å². The molecule has 0 aliphatic rings. The Labute approximate surface area is 70.1 Å². The Bertz CT molecular complexity index is 363. The molecule has 0 amide bonds.